The van der Waals surface area contributed by atoms with E-state index in [-0.39, 0.29) is 46.1 Å². The molecular weight excluding hydrogens is 496 g/mol. The second-order valence-corrected chi connectivity index (χ2v) is 10.1. The van der Waals surface area contributed by atoms with Gasteiger partial charge >= 0.3 is 21.7 Å². The second-order valence-electron chi connectivity index (χ2n) is 10.1. The van der Waals surface area contributed by atoms with Crippen LogP contribution in [-0.2, 0) is 21.7 Å². The van der Waals surface area contributed by atoms with Crippen molar-refractivity contribution in [3.05, 3.63) is 0 Å². The standard InChI is InChI=1S/4C8H17O.Ti/c4*1-4-7(5-2)8(9)6-3;/h4*7-8H,4-6H2,1-3H3;/q4*-1;+4. The van der Waals surface area contributed by atoms with E-state index in [1.54, 1.807) is 0 Å². The summed E-state index contributed by atoms with van der Waals surface area (Å²) in [6.45, 7) is 24.6. The number of hydrogen-bond acceptors (Lipinski definition) is 4. The van der Waals surface area contributed by atoms with Gasteiger partial charge in [-0.05, 0) is 0 Å². The van der Waals surface area contributed by atoms with Crippen LogP contribution in [0.25, 0.3) is 0 Å². The van der Waals surface area contributed by atoms with Crippen molar-refractivity contribution in [1.29, 1.82) is 0 Å². The van der Waals surface area contributed by atoms with E-state index in [1.807, 2.05) is 27.7 Å². The third kappa shape index (κ3) is 26.5. The van der Waals surface area contributed by atoms with E-state index >= 15 is 0 Å². The van der Waals surface area contributed by atoms with Gasteiger partial charge in [-0.2, -0.15) is 0 Å². The largest absolute Gasteiger partial charge is 4.00 e. The van der Waals surface area contributed by atoms with Gasteiger partial charge in [0.25, 0.3) is 0 Å². The Kier molecular flexibility index (Phi) is 44.3. The monoisotopic (exact) mass is 564 g/mol. The van der Waals surface area contributed by atoms with Gasteiger partial charge in [0.05, 0.1) is 0 Å². The van der Waals surface area contributed by atoms with Gasteiger partial charge in [0, 0.05) is 0 Å². The van der Waals surface area contributed by atoms with Gasteiger partial charge in [0.2, 0.25) is 0 Å². The Morgan fingerprint density at radius 2 is 0.378 bits per heavy atom. The summed E-state index contributed by atoms with van der Waals surface area (Å²) in [6, 6.07) is 0. The summed E-state index contributed by atoms with van der Waals surface area (Å²) in [4.78, 5) is 0. The first-order valence-corrected chi connectivity index (χ1v) is 15.7. The number of rotatable bonds is 16. The topological polar surface area (TPSA) is 92.2 Å². The molecule has 5 heteroatoms. The average Bonchev–Trinajstić information content (AvgIpc) is 2.91. The smallest absolute Gasteiger partial charge is 0.852 e. The van der Waals surface area contributed by atoms with Gasteiger partial charge in [-0.25, -0.2) is 0 Å². The summed E-state index contributed by atoms with van der Waals surface area (Å²) < 4.78 is 0. The van der Waals surface area contributed by atoms with Crippen LogP contribution in [0.15, 0.2) is 0 Å². The molecule has 0 saturated heterocycles. The Bertz CT molecular complexity index is 309. The molecule has 0 rings (SSSR count). The molecule has 0 amide bonds. The molecule has 0 saturated carbocycles. The molecule has 0 heterocycles. The van der Waals surface area contributed by atoms with Crippen molar-refractivity contribution in [1.82, 2.24) is 0 Å². The molecule has 4 atom stereocenters. The van der Waals surface area contributed by atoms with Crippen LogP contribution < -0.4 is 20.4 Å². The van der Waals surface area contributed by atoms with E-state index in [9.17, 15) is 20.4 Å². The van der Waals surface area contributed by atoms with E-state index in [0.717, 1.165) is 77.0 Å². The van der Waals surface area contributed by atoms with Crippen LogP contribution in [0, 0.1) is 23.7 Å². The van der Waals surface area contributed by atoms with Gasteiger partial charge in [0.1, 0.15) is 0 Å². The Labute approximate surface area is 249 Å². The molecule has 224 valence electrons. The first kappa shape index (κ1) is 47.3. The molecule has 4 nitrogen and oxygen atoms in total. The van der Waals surface area contributed by atoms with Gasteiger partial charge < -0.3 is 20.4 Å². The van der Waals surface area contributed by atoms with Crippen LogP contribution >= 0.6 is 0 Å². The zero-order valence-corrected chi connectivity index (χ0v) is 28.8. The quantitative estimate of drug-likeness (QED) is 0.207. The van der Waals surface area contributed by atoms with Crippen LogP contribution in [-0.4, -0.2) is 24.4 Å². The zero-order chi connectivity index (χ0) is 29.1. The normalized spacial score (nSPS) is 13.9. The maximum atomic E-state index is 11.1. The first-order chi connectivity index (χ1) is 17.0. The SMILES string of the molecule is CCC([O-])C(CC)CC.CCC([O-])C(CC)CC.CCC([O-])C(CC)CC.CCC([O-])C(CC)CC.[Ti+4]. The minimum atomic E-state index is -0.319. The van der Waals surface area contributed by atoms with Crippen LogP contribution in [0.3, 0.4) is 0 Å². The molecule has 0 radical (unpaired) electrons. The molecule has 4 unspecified atom stereocenters. The summed E-state index contributed by atoms with van der Waals surface area (Å²) >= 11 is 0. The predicted molar refractivity (Wildman–Crippen MR) is 153 cm³/mol. The first-order valence-electron chi connectivity index (χ1n) is 15.7. The third-order valence-electron chi connectivity index (χ3n) is 7.91. The Hall–Kier alpha value is 0.554. The van der Waals surface area contributed by atoms with Crippen LogP contribution in [0.5, 0.6) is 0 Å². The van der Waals surface area contributed by atoms with Gasteiger partial charge in [-0.3, -0.25) is 0 Å². The van der Waals surface area contributed by atoms with Crippen molar-refractivity contribution in [2.24, 2.45) is 23.7 Å². The molecule has 37 heavy (non-hydrogen) atoms. The van der Waals surface area contributed by atoms with Gasteiger partial charge in [-0.1, -0.05) is 184 Å². The maximum absolute atomic E-state index is 11.1. The fourth-order valence-electron chi connectivity index (χ4n) is 4.59. The van der Waals surface area contributed by atoms with Crippen molar-refractivity contribution in [3.63, 3.8) is 0 Å². The zero-order valence-electron chi connectivity index (χ0n) is 27.2. The van der Waals surface area contributed by atoms with Gasteiger partial charge in [-0.15, -0.1) is 24.4 Å². The van der Waals surface area contributed by atoms with E-state index in [4.69, 9.17) is 0 Å². The van der Waals surface area contributed by atoms with Crippen LogP contribution in [0.4, 0.5) is 0 Å². The summed E-state index contributed by atoms with van der Waals surface area (Å²) in [6.07, 6.45) is 10.2. The average molecular weight is 565 g/mol. The van der Waals surface area contributed by atoms with Crippen LogP contribution in [0.1, 0.15) is 160 Å². The Morgan fingerprint density at radius 3 is 0.405 bits per heavy atom. The summed E-state index contributed by atoms with van der Waals surface area (Å²) in [5.41, 5.74) is 0. The van der Waals surface area contributed by atoms with Crippen molar-refractivity contribution >= 4 is 0 Å². The van der Waals surface area contributed by atoms with E-state index in [0.29, 0.717) is 23.7 Å². The molecule has 0 N–H and O–H groups in total. The fraction of sp³-hybridized carbons (Fsp3) is 1.00. The molecule has 0 aromatic rings. The third-order valence-corrected chi connectivity index (χ3v) is 7.91. The fourth-order valence-corrected chi connectivity index (χ4v) is 4.59. The van der Waals surface area contributed by atoms with Crippen molar-refractivity contribution in [2.75, 3.05) is 0 Å². The van der Waals surface area contributed by atoms with Crippen LogP contribution in [0.2, 0.25) is 0 Å². The molecule has 0 aliphatic rings. The molecule has 0 aromatic heterocycles. The van der Waals surface area contributed by atoms with Crippen molar-refractivity contribution in [2.45, 2.75) is 185 Å². The second kappa shape index (κ2) is 34.6. The van der Waals surface area contributed by atoms with Crippen molar-refractivity contribution < 1.29 is 42.1 Å². The van der Waals surface area contributed by atoms with Gasteiger partial charge in [0.15, 0.2) is 0 Å². The molecule has 0 aliphatic heterocycles. The Morgan fingerprint density at radius 1 is 0.270 bits per heavy atom. The molecule has 0 spiro atoms. The molecule has 0 fully saturated rings. The minimum Gasteiger partial charge on any atom is -0.852 e. The molecular formula is C32H68O4Ti. The molecule has 0 aliphatic carbocycles. The van der Waals surface area contributed by atoms with E-state index in [2.05, 4.69) is 55.4 Å². The predicted octanol–water partition coefficient (Wildman–Crippen LogP) is 6.24. The molecule has 0 aromatic carbocycles. The Balaban J connectivity index is -0.000000122. The number of hydrogen-bond donors (Lipinski definition) is 0. The minimum absolute atomic E-state index is 0. The van der Waals surface area contributed by atoms with Crippen molar-refractivity contribution in [3.8, 4) is 0 Å². The molecule has 0 bridgehead atoms. The van der Waals surface area contributed by atoms with E-state index < -0.39 is 0 Å². The van der Waals surface area contributed by atoms with E-state index in [1.165, 1.54) is 0 Å². The summed E-state index contributed by atoms with van der Waals surface area (Å²) in [7, 11) is 0. The summed E-state index contributed by atoms with van der Waals surface area (Å²) in [5.74, 6) is 1.65. The summed E-state index contributed by atoms with van der Waals surface area (Å²) in [5, 5.41) is 44.2. The maximum Gasteiger partial charge on any atom is 4.00 e.